The molecule has 194 valence electrons. The van der Waals surface area contributed by atoms with Crippen molar-refractivity contribution in [2.24, 2.45) is 5.73 Å². The standard InChI is InChI=1S/C25H27ClN6O4S/c26-23-7-6-22(37-23)25(36)29-12-18(34)14-32(15-33)17-4-5-21(31-10-8-16(27)13-31)20(11-17)30-24(35)19-3-1-2-9-28-19/h1-7,9,11,15-16,18,34H,8,10,12-14,27H2,(H,29,36)(H,30,35). The molecule has 1 aliphatic heterocycles. The lowest BCUT2D eigenvalue weighted by Crippen LogP contribution is -2.39. The van der Waals surface area contributed by atoms with Crippen LogP contribution in [0.1, 0.15) is 26.6 Å². The molecule has 0 saturated carbocycles. The number of rotatable bonds is 10. The SMILES string of the molecule is NC1CCN(c2ccc(N(C=O)CC(O)CNC(=O)c3ccc(Cl)s3)cc2NC(=O)c2ccccn2)C1. The summed E-state index contributed by atoms with van der Waals surface area (Å²) in [6.45, 7) is 1.23. The molecule has 0 aliphatic carbocycles. The van der Waals surface area contributed by atoms with Gasteiger partial charge in [-0.3, -0.25) is 19.4 Å². The topological polar surface area (TPSA) is 141 Å². The first-order chi connectivity index (χ1) is 17.8. The summed E-state index contributed by atoms with van der Waals surface area (Å²) >= 11 is 7.00. The summed E-state index contributed by atoms with van der Waals surface area (Å²) < 4.78 is 0.489. The first kappa shape index (κ1) is 26.6. The molecule has 1 aliphatic rings. The molecule has 3 amide bonds. The van der Waals surface area contributed by atoms with E-state index in [2.05, 4.69) is 20.5 Å². The zero-order valence-corrected chi connectivity index (χ0v) is 21.4. The van der Waals surface area contributed by atoms with Crippen molar-refractivity contribution in [1.29, 1.82) is 0 Å². The van der Waals surface area contributed by atoms with Crippen molar-refractivity contribution in [1.82, 2.24) is 10.3 Å². The molecule has 2 atom stereocenters. The second kappa shape index (κ2) is 12.2. The Morgan fingerprint density at radius 3 is 2.76 bits per heavy atom. The minimum atomic E-state index is -1.03. The number of aliphatic hydroxyl groups is 1. The molecule has 0 bridgehead atoms. The number of anilines is 3. The van der Waals surface area contributed by atoms with Crippen LogP contribution >= 0.6 is 22.9 Å². The quantitative estimate of drug-likeness (QED) is 0.288. The van der Waals surface area contributed by atoms with Crippen LogP contribution in [0.5, 0.6) is 0 Å². The minimum Gasteiger partial charge on any atom is -0.389 e. The molecule has 1 saturated heterocycles. The van der Waals surface area contributed by atoms with E-state index in [0.717, 1.165) is 30.0 Å². The number of pyridine rings is 1. The fraction of sp³-hybridized carbons (Fsp3) is 0.280. The van der Waals surface area contributed by atoms with Gasteiger partial charge in [-0.25, -0.2) is 0 Å². The lowest BCUT2D eigenvalue weighted by atomic mass is 10.2. The summed E-state index contributed by atoms with van der Waals surface area (Å²) in [6.07, 6.45) is 1.92. The third-order valence-corrected chi connectivity index (χ3v) is 7.08. The predicted molar refractivity (Wildman–Crippen MR) is 145 cm³/mol. The maximum absolute atomic E-state index is 12.9. The van der Waals surface area contributed by atoms with Crippen LogP contribution in [0.3, 0.4) is 0 Å². The van der Waals surface area contributed by atoms with Gasteiger partial charge in [0, 0.05) is 37.6 Å². The van der Waals surface area contributed by atoms with Crippen LogP contribution < -0.4 is 26.2 Å². The van der Waals surface area contributed by atoms with Gasteiger partial charge in [-0.2, -0.15) is 0 Å². The number of aromatic nitrogens is 1. The van der Waals surface area contributed by atoms with E-state index < -0.39 is 12.0 Å². The molecule has 0 radical (unpaired) electrons. The smallest absolute Gasteiger partial charge is 0.274 e. The summed E-state index contributed by atoms with van der Waals surface area (Å²) in [4.78, 5) is 44.9. The zero-order valence-electron chi connectivity index (χ0n) is 19.8. The lowest BCUT2D eigenvalue weighted by Gasteiger charge is -2.26. The van der Waals surface area contributed by atoms with Crippen molar-refractivity contribution in [3.63, 3.8) is 0 Å². The number of aliphatic hydroxyl groups excluding tert-OH is 1. The second-order valence-corrected chi connectivity index (χ2v) is 10.3. The fourth-order valence-electron chi connectivity index (χ4n) is 4.00. The van der Waals surface area contributed by atoms with Gasteiger partial charge in [-0.05, 0) is 48.9 Å². The van der Waals surface area contributed by atoms with Gasteiger partial charge in [0.05, 0.1) is 33.2 Å². The van der Waals surface area contributed by atoms with Crippen molar-refractivity contribution in [2.45, 2.75) is 18.6 Å². The maximum atomic E-state index is 12.9. The number of benzene rings is 1. The van der Waals surface area contributed by atoms with Crippen molar-refractivity contribution in [2.75, 3.05) is 41.3 Å². The van der Waals surface area contributed by atoms with E-state index in [1.54, 1.807) is 42.5 Å². The predicted octanol–water partition coefficient (Wildman–Crippen LogP) is 2.34. The Morgan fingerprint density at radius 2 is 2.11 bits per heavy atom. The number of amides is 3. The summed E-state index contributed by atoms with van der Waals surface area (Å²) in [7, 11) is 0. The average Bonchev–Trinajstić information content (AvgIpc) is 3.54. The first-order valence-electron chi connectivity index (χ1n) is 11.6. The monoisotopic (exact) mass is 542 g/mol. The van der Waals surface area contributed by atoms with Crippen LogP contribution in [0.15, 0.2) is 54.7 Å². The van der Waals surface area contributed by atoms with E-state index >= 15 is 0 Å². The number of hydrogen-bond acceptors (Lipinski definition) is 8. The van der Waals surface area contributed by atoms with Gasteiger partial charge in [0.15, 0.2) is 0 Å². The number of halogens is 1. The molecule has 3 heterocycles. The molecule has 2 aromatic heterocycles. The molecule has 1 fully saturated rings. The Bertz CT molecular complexity index is 1260. The van der Waals surface area contributed by atoms with E-state index in [4.69, 9.17) is 17.3 Å². The number of nitrogens with one attached hydrogen (secondary N) is 2. The van der Waals surface area contributed by atoms with Gasteiger partial charge in [0.1, 0.15) is 5.69 Å². The van der Waals surface area contributed by atoms with Crippen molar-refractivity contribution < 1.29 is 19.5 Å². The molecular weight excluding hydrogens is 516 g/mol. The molecule has 0 spiro atoms. The van der Waals surface area contributed by atoms with E-state index in [1.807, 2.05) is 6.07 Å². The number of carbonyl (C=O) groups is 3. The zero-order chi connectivity index (χ0) is 26.4. The maximum Gasteiger partial charge on any atom is 0.274 e. The van der Waals surface area contributed by atoms with Gasteiger partial charge in [0.2, 0.25) is 6.41 Å². The van der Waals surface area contributed by atoms with Gasteiger partial charge < -0.3 is 31.3 Å². The highest BCUT2D eigenvalue weighted by Gasteiger charge is 2.24. The van der Waals surface area contributed by atoms with Crippen LogP contribution in [-0.2, 0) is 4.79 Å². The third-order valence-electron chi connectivity index (χ3n) is 5.85. The Morgan fingerprint density at radius 1 is 1.27 bits per heavy atom. The molecule has 12 heteroatoms. The highest BCUT2D eigenvalue weighted by molar-refractivity contribution is 7.18. The molecule has 4 rings (SSSR count). The minimum absolute atomic E-state index is 0.0288. The number of hydrogen-bond donors (Lipinski definition) is 4. The largest absolute Gasteiger partial charge is 0.389 e. The van der Waals surface area contributed by atoms with E-state index in [1.165, 1.54) is 11.1 Å². The van der Waals surface area contributed by atoms with Gasteiger partial charge in [-0.15, -0.1) is 11.3 Å². The van der Waals surface area contributed by atoms with Crippen LogP contribution in [0.2, 0.25) is 4.34 Å². The Kier molecular flexibility index (Phi) is 8.72. The fourth-order valence-corrected chi connectivity index (χ4v) is 4.96. The number of thiophene rings is 1. The average molecular weight is 543 g/mol. The summed E-state index contributed by atoms with van der Waals surface area (Å²) in [5.41, 5.74) is 8.07. The van der Waals surface area contributed by atoms with Crippen LogP contribution in [0, 0.1) is 0 Å². The molecule has 37 heavy (non-hydrogen) atoms. The van der Waals surface area contributed by atoms with Gasteiger partial charge in [-0.1, -0.05) is 17.7 Å². The van der Waals surface area contributed by atoms with E-state index in [0.29, 0.717) is 33.5 Å². The van der Waals surface area contributed by atoms with Crippen molar-refractivity contribution in [3.05, 3.63) is 69.6 Å². The van der Waals surface area contributed by atoms with Crippen LogP contribution in [-0.4, -0.2) is 66.6 Å². The molecule has 10 nitrogen and oxygen atoms in total. The number of nitrogens with two attached hydrogens (primary N) is 1. The van der Waals surface area contributed by atoms with Crippen LogP contribution in [0.25, 0.3) is 0 Å². The molecular formula is C25H27ClN6O4S. The highest BCUT2D eigenvalue weighted by Crippen LogP contribution is 2.33. The molecule has 3 aromatic rings. The van der Waals surface area contributed by atoms with Gasteiger partial charge >= 0.3 is 0 Å². The summed E-state index contributed by atoms with van der Waals surface area (Å²) in [5, 5.41) is 16.0. The molecule has 1 aromatic carbocycles. The third kappa shape index (κ3) is 6.83. The summed E-state index contributed by atoms with van der Waals surface area (Å²) in [5.74, 6) is -0.752. The Hall–Kier alpha value is -3.51. The highest BCUT2D eigenvalue weighted by atomic mass is 35.5. The van der Waals surface area contributed by atoms with E-state index in [-0.39, 0.29) is 30.7 Å². The molecule has 5 N–H and O–H groups in total. The number of carbonyl (C=O) groups excluding carboxylic acids is 3. The van der Waals surface area contributed by atoms with Gasteiger partial charge in [0.25, 0.3) is 11.8 Å². The first-order valence-corrected chi connectivity index (χ1v) is 12.8. The van der Waals surface area contributed by atoms with Crippen molar-refractivity contribution in [3.8, 4) is 0 Å². The normalized spacial score (nSPS) is 15.8. The number of nitrogens with zero attached hydrogens (tertiary/aromatic N) is 3. The molecule has 2 unspecified atom stereocenters. The Balaban J connectivity index is 1.49. The summed E-state index contributed by atoms with van der Waals surface area (Å²) in [6, 6.07) is 13.5. The lowest BCUT2D eigenvalue weighted by molar-refractivity contribution is -0.107. The van der Waals surface area contributed by atoms with Crippen LogP contribution in [0.4, 0.5) is 17.1 Å². The Labute approximate surface area is 223 Å². The second-order valence-electron chi connectivity index (χ2n) is 8.59. The van der Waals surface area contributed by atoms with E-state index in [9.17, 15) is 19.5 Å². The van der Waals surface area contributed by atoms with Crippen molar-refractivity contribution >= 4 is 58.2 Å².